The van der Waals surface area contributed by atoms with E-state index in [9.17, 15) is 9.59 Å². The van der Waals surface area contributed by atoms with Crippen LogP contribution in [0.4, 0.5) is 5.13 Å². The number of aromatic nitrogens is 2. The number of halogens is 4. The minimum absolute atomic E-state index is 0.189. The van der Waals surface area contributed by atoms with Crippen LogP contribution in [-0.4, -0.2) is 32.3 Å². The molecule has 0 spiro atoms. The van der Waals surface area contributed by atoms with Gasteiger partial charge < -0.3 is 5.32 Å². The molecule has 0 fully saturated rings. The van der Waals surface area contributed by atoms with Gasteiger partial charge in [0.2, 0.25) is 5.13 Å². The van der Waals surface area contributed by atoms with Crippen LogP contribution in [0.3, 0.4) is 0 Å². The summed E-state index contributed by atoms with van der Waals surface area (Å²) in [6.45, 7) is 0.373. The summed E-state index contributed by atoms with van der Waals surface area (Å²) >= 11 is 20.8. The lowest BCUT2D eigenvalue weighted by Crippen LogP contribution is -2.26. The maximum atomic E-state index is 12.0. The molecule has 1 aromatic carbocycles. The molecule has 0 radical (unpaired) electrons. The highest BCUT2D eigenvalue weighted by atomic mass is 79.9. The van der Waals surface area contributed by atoms with Gasteiger partial charge >= 0.3 is 0 Å². The average molecular weight is 473 g/mol. The Balaban J connectivity index is 1.83. The normalized spacial score (nSPS) is 11.2. The molecule has 6 nitrogen and oxygen atoms in total. The quantitative estimate of drug-likeness (QED) is 0.652. The van der Waals surface area contributed by atoms with Crippen LogP contribution in [0.1, 0.15) is 15.4 Å². The van der Waals surface area contributed by atoms with Gasteiger partial charge in [-0.3, -0.25) is 14.9 Å². The summed E-state index contributed by atoms with van der Waals surface area (Å²) in [5.41, 5.74) is 0.553. The third-order valence-electron chi connectivity index (χ3n) is 2.66. The van der Waals surface area contributed by atoms with Crippen LogP contribution >= 0.6 is 62.1 Å². The molecular weight excluding hydrogens is 462 g/mol. The van der Waals surface area contributed by atoms with Crippen LogP contribution in [0, 0.1) is 0 Å². The van der Waals surface area contributed by atoms with Gasteiger partial charge in [0.1, 0.15) is 5.01 Å². The average Bonchev–Trinajstić information content (AvgIpc) is 2.93. The topological polar surface area (TPSA) is 84.0 Å². The van der Waals surface area contributed by atoms with Gasteiger partial charge in [0.25, 0.3) is 15.6 Å². The lowest BCUT2D eigenvalue weighted by molar-refractivity contribution is -0.115. The maximum Gasteiger partial charge on any atom is 0.278 e. The summed E-state index contributed by atoms with van der Waals surface area (Å²) in [4.78, 5) is 23.5. The summed E-state index contributed by atoms with van der Waals surface area (Å²) < 4.78 is -1.24. The molecule has 0 aliphatic rings. The Kier molecular flexibility index (Phi) is 6.82. The van der Waals surface area contributed by atoms with E-state index in [0.717, 1.165) is 15.8 Å². The van der Waals surface area contributed by atoms with Gasteiger partial charge in [-0.2, -0.15) is 0 Å². The number of nitrogens with one attached hydrogen (secondary N) is 2. The number of benzene rings is 1. The number of carbonyl (C=O) groups excluding carboxylic acids is 2. The lowest BCUT2D eigenvalue weighted by Gasteiger charge is -2.08. The maximum absolute atomic E-state index is 12.0. The molecule has 2 N–H and O–H groups in total. The van der Waals surface area contributed by atoms with Crippen molar-refractivity contribution in [2.24, 2.45) is 0 Å². The van der Waals surface area contributed by atoms with Gasteiger partial charge in [-0.1, -0.05) is 68.1 Å². The summed E-state index contributed by atoms with van der Waals surface area (Å²) in [6.07, 6.45) is 0.459. The number of anilines is 1. The van der Waals surface area contributed by atoms with Gasteiger partial charge in [0, 0.05) is 23.0 Å². The number of hydrogen-bond acceptors (Lipinski definition) is 5. The van der Waals surface area contributed by atoms with Crippen molar-refractivity contribution in [3.05, 3.63) is 39.3 Å². The van der Waals surface area contributed by atoms with Crippen molar-refractivity contribution in [1.29, 1.82) is 0 Å². The minimum Gasteiger partial charge on any atom is -0.352 e. The Bertz CT molecular complexity index is 751. The summed E-state index contributed by atoms with van der Waals surface area (Å²) in [6, 6.07) is 7.06. The van der Waals surface area contributed by atoms with Crippen LogP contribution in [0.5, 0.6) is 0 Å². The lowest BCUT2D eigenvalue weighted by atomic mass is 10.2. The Morgan fingerprint density at radius 2 is 2.00 bits per heavy atom. The van der Waals surface area contributed by atoms with E-state index in [1.807, 2.05) is 6.07 Å². The minimum atomic E-state index is -2.07. The van der Waals surface area contributed by atoms with Gasteiger partial charge in [0.05, 0.1) is 0 Å². The smallest absolute Gasteiger partial charge is 0.278 e. The Morgan fingerprint density at radius 1 is 1.25 bits per heavy atom. The number of nitrogens with zero attached hydrogens (tertiary/aromatic N) is 2. The predicted octanol–water partition coefficient (Wildman–Crippen LogP) is 3.58. The fourth-order valence-corrected chi connectivity index (χ4v) is 2.86. The van der Waals surface area contributed by atoms with E-state index in [0.29, 0.717) is 23.5 Å². The van der Waals surface area contributed by atoms with E-state index >= 15 is 0 Å². The molecule has 2 amide bonds. The van der Waals surface area contributed by atoms with Crippen molar-refractivity contribution in [1.82, 2.24) is 15.5 Å². The molecule has 0 saturated carbocycles. The molecule has 24 heavy (non-hydrogen) atoms. The van der Waals surface area contributed by atoms with Crippen molar-refractivity contribution < 1.29 is 9.59 Å². The molecule has 0 aliphatic carbocycles. The van der Waals surface area contributed by atoms with Crippen molar-refractivity contribution >= 4 is 79.0 Å². The van der Waals surface area contributed by atoms with Gasteiger partial charge in [-0.15, -0.1) is 10.2 Å². The molecule has 0 saturated heterocycles. The molecule has 0 unspecified atom stereocenters. The highest BCUT2D eigenvalue weighted by Crippen LogP contribution is 2.28. The van der Waals surface area contributed by atoms with Crippen LogP contribution in [-0.2, 0) is 11.2 Å². The summed E-state index contributed by atoms with van der Waals surface area (Å²) in [5.74, 6) is -0.997. The third-order valence-corrected chi connectivity index (χ3v) is 4.56. The number of rotatable bonds is 5. The predicted molar refractivity (Wildman–Crippen MR) is 99.0 cm³/mol. The Hall–Kier alpha value is -0.930. The molecule has 2 rings (SSSR count). The largest absolute Gasteiger partial charge is 0.352 e. The van der Waals surface area contributed by atoms with E-state index in [1.165, 1.54) is 0 Å². The second kappa shape index (κ2) is 8.44. The van der Waals surface area contributed by atoms with E-state index in [4.69, 9.17) is 34.8 Å². The summed E-state index contributed by atoms with van der Waals surface area (Å²) in [5, 5.41) is 13.7. The highest BCUT2D eigenvalue weighted by molar-refractivity contribution is 9.10. The van der Waals surface area contributed by atoms with Crippen molar-refractivity contribution in [3.63, 3.8) is 0 Å². The van der Waals surface area contributed by atoms with Crippen LogP contribution in [0.2, 0.25) is 0 Å². The van der Waals surface area contributed by atoms with E-state index in [-0.39, 0.29) is 11.0 Å². The molecule has 2 aromatic rings. The Morgan fingerprint density at radius 3 is 2.67 bits per heavy atom. The second-order valence-corrected chi connectivity index (χ2v) is 8.73. The molecule has 1 aromatic heterocycles. The molecule has 0 bridgehead atoms. The standard InChI is InChI=1S/C13H10BrCl3N4O2S/c14-8-3-1-2-7(6-8)10(22)18-5-4-9-20-21-12(24-9)19-11(23)13(15,16)17/h1-3,6H,4-5H2,(H,18,22)(H,19,21,23). The van der Waals surface area contributed by atoms with Crippen molar-refractivity contribution in [2.45, 2.75) is 10.2 Å². The van der Waals surface area contributed by atoms with Gasteiger partial charge in [-0.25, -0.2) is 0 Å². The first-order valence-electron chi connectivity index (χ1n) is 6.50. The Labute approximate surface area is 165 Å². The molecule has 1 heterocycles. The monoisotopic (exact) mass is 470 g/mol. The number of amides is 2. The molecule has 128 valence electrons. The zero-order valence-electron chi connectivity index (χ0n) is 11.9. The van der Waals surface area contributed by atoms with E-state index in [1.54, 1.807) is 18.2 Å². The first-order chi connectivity index (χ1) is 11.3. The zero-order chi connectivity index (χ0) is 17.7. The fourth-order valence-electron chi connectivity index (χ4n) is 1.59. The van der Waals surface area contributed by atoms with E-state index < -0.39 is 9.70 Å². The highest BCUT2D eigenvalue weighted by Gasteiger charge is 2.31. The molecule has 0 atom stereocenters. The first kappa shape index (κ1) is 19.4. The van der Waals surface area contributed by atoms with Crippen molar-refractivity contribution in [3.8, 4) is 0 Å². The molecule has 11 heteroatoms. The number of alkyl halides is 3. The van der Waals surface area contributed by atoms with Gasteiger partial charge in [-0.05, 0) is 18.2 Å². The van der Waals surface area contributed by atoms with Crippen LogP contribution in [0.25, 0.3) is 0 Å². The van der Waals surface area contributed by atoms with Crippen LogP contribution < -0.4 is 10.6 Å². The number of carbonyl (C=O) groups is 2. The van der Waals surface area contributed by atoms with Gasteiger partial charge in [0.15, 0.2) is 0 Å². The third kappa shape index (κ3) is 5.86. The molecule has 0 aliphatic heterocycles. The fraction of sp³-hybridized carbons (Fsp3) is 0.231. The number of hydrogen-bond donors (Lipinski definition) is 2. The van der Waals surface area contributed by atoms with Crippen molar-refractivity contribution in [2.75, 3.05) is 11.9 Å². The zero-order valence-corrected chi connectivity index (χ0v) is 16.5. The molecular formula is C13H10BrCl3N4O2S. The first-order valence-corrected chi connectivity index (χ1v) is 9.24. The SMILES string of the molecule is O=C(NCCc1nnc(NC(=O)C(Cl)(Cl)Cl)s1)c1cccc(Br)c1. The van der Waals surface area contributed by atoms with Crippen LogP contribution in [0.15, 0.2) is 28.7 Å². The van der Waals surface area contributed by atoms with E-state index in [2.05, 4.69) is 36.8 Å². The second-order valence-electron chi connectivity index (χ2n) is 4.47. The summed E-state index contributed by atoms with van der Waals surface area (Å²) in [7, 11) is 0.